The molecule has 0 aromatic heterocycles. The second kappa shape index (κ2) is 17.1. The number of carbonyl (C=O) groups is 4. The van der Waals surface area contributed by atoms with Gasteiger partial charge in [0.05, 0.1) is 19.5 Å². The largest absolute Gasteiger partial charge is 0.508 e. The molecule has 0 bridgehead atoms. The standard InChI is InChI=1S/C33H37ClN4O5.C2HF3O2/c1-22(2)32(41)43-29-16-12-26(13-17-29)36-33(42)37(30(31(35)40)19-23-8-14-28(39)15-9-23)27-5-4-18-38(3,21-27)20-24-6-10-25(34)11-7-24;3-2(4,5)1(6)7/h6-17,22,30H,4-5,18-21H2,1-3H3,(H2-2,35,36,39,40,42);(H,6,7)/p+2/b37-27+;/t30-,38?;/m0./s1. The van der Waals surface area contributed by atoms with Crippen molar-refractivity contribution in [2.45, 2.75) is 51.9 Å². The summed E-state index contributed by atoms with van der Waals surface area (Å²) >= 11 is 6.10. The van der Waals surface area contributed by atoms with Crippen LogP contribution in [-0.4, -0.2) is 81.2 Å². The second-order valence-corrected chi connectivity index (χ2v) is 12.9. The van der Waals surface area contributed by atoms with E-state index in [9.17, 15) is 32.7 Å². The number of halogens is 4. The molecular weight excluding hydrogens is 681 g/mol. The fourth-order valence-electron chi connectivity index (χ4n) is 5.33. The molecule has 11 nitrogen and oxygen atoms in total. The van der Waals surface area contributed by atoms with Crippen LogP contribution in [0.3, 0.4) is 0 Å². The summed E-state index contributed by atoms with van der Waals surface area (Å²) in [5.74, 6) is -3.55. The van der Waals surface area contributed by atoms with Gasteiger partial charge in [-0.15, -0.1) is 0 Å². The maximum Gasteiger partial charge on any atom is 0.496 e. The maximum atomic E-state index is 14.0. The molecule has 5 N–H and O–H groups in total. The van der Waals surface area contributed by atoms with Gasteiger partial charge in [0, 0.05) is 29.8 Å². The first-order valence-corrected chi connectivity index (χ1v) is 16.0. The average molecular weight is 721 g/mol. The number of phenolic OH excluding ortho intramolecular Hbond substituents is 1. The number of quaternary nitrogens is 1. The predicted molar refractivity (Wildman–Crippen MR) is 180 cm³/mol. The quantitative estimate of drug-likeness (QED) is 0.0947. The van der Waals surface area contributed by atoms with Gasteiger partial charge in [-0.25, -0.2) is 10.1 Å². The van der Waals surface area contributed by atoms with Crippen LogP contribution in [0.15, 0.2) is 72.8 Å². The van der Waals surface area contributed by atoms with Crippen molar-refractivity contribution in [3.63, 3.8) is 0 Å². The molecule has 3 aromatic carbocycles. The number of hydrogen-bond donors (Lipinski definition) is 4. The van der Waals surface area contributed by atoms with Gasteiger partial charge in [0.2, 0.25) is 0 Å². The number of likely N-dealkylation sites (tertiary alicyclic amines) is 1. The first kappa shape index (κ1) is 39.5. The lowest BCUT2D eigenvalue weighted by atomic mass is 10.0. The van der Waals surface area contributed by atoms with Crippen molar-refractivity contribution in [3.05, 3.63) is 88.9 Å². The van der Waals surface area contributed by atoms with Gasteiger partial charge >= 0.3 is 24.1 Å². The van der Waals surface area contributed by atoms with Gasteiger partial charge in [-0.3, -0.25) is 9.59 Å². The molecule has 3 amide bonds. The lowest BCUT2D eigenvalue weighted by molar-refractivity contribution is -0.918. The lowest BCUT2D eigenvalue weighted by Crippen LogP contribution is -2.56. The smallest absolute Gasteiger partial charge is 0.496 e. The van der Waals surface area contributed by atoms with Crippen molar-refractivity contribution in [2.24, 2.45) is 11.7 Å². The Bertz CT molecular complexity index is 1700. The van der Waals surface area contributed by atoms with Crippen LogP contribution in [0.2, 0.25) is 5.02 Å². The Labute approximate surface area is 292 Å². The fraction of sp³-hybridized carbons (Fsp3) is 0.343. The number of benzene rings is 3. The summed E-state index contributed by atoms with van der Waals surface area (Å²) in [4.78, 5) is 47.8. The number of esters is 1. The molecule has 4 rings (SSSR count). The van der Waals surface area contributed by atoms with Crippen LogP contribution in [-0.2, 0) is 27.3 Å². The van der Waals surface area contributed by atoms with Crippen molar-refractivity contribution in [3.8, 4) is 11.5 Å². The van der Waals surface area contributed by atoms with E-state index in [-0.39, 0.29) is 24.1 Å². The number of anilines is 1. The zero-order valence-corrected chi connectivity index (χ0v) is 28.5. The number of phenols is 1. The summed E-state index contributed by atoms with van der Waals surface area (Å²) in [6.45, 7) is 5.67. The summed E-state index contributed by atoms with van der Waals surface area (Å²) in [6.07, 6.45) is -3.45. The Balaban J connectivity index is 0.000000872. The Kier molecular flexibility index (Phi) is 13.5. The maximum absolute atomic E-state index is 14.0. The number of carboxylic acid groups (broad SMARTS) is 1. The van der Waals surface area contributed by atoms with Gasteiger partial charge in [-0.2, -0.15) is 22.5 Å². The number of ether oxygens (including phenoxy) is 1. The molecule has 1 aliphatic rings. The first-order chi connectivity index (χ1) is 23.4. The van der Waals surface area contributed by atoms with E-state index >= 15 is 0 Å². The second-order valence-electron chi connectivity index (χ2n) is 12.4. The number of amides is 3. The summed E-state index contributed by atoms with van der Waals surface area (Å²) < 4.78 is 39.2. The number of nitrogens with two attached hydrogens (primary N) is 1. The number of urea groups is 1. The number of aliphatic carboxylic acids is 1. The van der Waals surface area contributed by atoms with Crippen molar-refractivity contribution in [1.82, 2.24) is 0 Å². The van der Waals surface area contributed by atoms with Crippen molar-refractivity contribution >= 4 is 46.9 Å². The lowest BCUT2D eigenvalue weighted by Gasteiger charge is -2.38. The van der Waals surface area contributed by atoms with Gasteiger partial charge < -0.3 is 25.2 Å². The third kappa shape index (κ3) is 11.9. The van der Waals surface area contributed by atoms with Crippen LogP contribution in [0.4, 0.5) is 23.7 Å². The molecule has 268 valence electrons. The number of nitrogens with zero attached hydrogens (tertiary/aromatic N) is 2. The van der Waals surface area contributed by atoms with E-state index in [1.54, 1.807) is 62.4 Å². The summed E-state index contributed by atoms with van der Waals surface area (Å²) in [6, 6.07) is 19.3. The highest BCUT2D eigenvalue weighted by atomic mass is 35.5. The Hall–Kier alpha value is -4.95. The van der Waals surface area contributed by atoms with Gasteiger partial charge in [-0.1, -0.05) is 49.7 Å². The van der Waals surface area contributed by atoms with E-state index in [1.165, 1.54) is 4.58 Å². The van der Waals surface area contributed by atoms with Crippen LogP contribution in [0, 0.1) is 5.92 Å². The minimum atomic E-state index is -5.08. The molecule has 2 atom stereocenters. The number of hydrogen-bond acceptors (Lipinski definition) is 6. The average Bonchev–Trinajstić information content (AvgIpc) is 3.03. The van der Waals surface area contributed by atoms with E-state index in [4.69, 9.17) is 32.0 Å². The van der Waals surface area contributed by atoms with Crippen LogP contribution in [0.1, 0.15) is 37.8 Å². The Morgan fingerprint density at radius 1 is 0.980 bits per heavy atom. The predicted octanol–water partition coefficient (Wildman–Crippen LogP) is 5.76. The highest BCUT2D eigenvalue weighted by Gasteiger charge is 2.40. The third-order valence-electron chi connectivity index (χ3n) is 7.81. The highest BCUT2D eigenvalue weighted by Crippen LogP contribution is 2.23. The van der Waals surface area contributed by atoms with Crippen LogP contribution in [0.5, 0.6) is 11.5 Å². The molecule has 3 aromatic rings. The molecule has 0 spiro atoms. The minimum Gasteiger partial charge on any atom is -0.508 e. The number of piperidine rings is 1. The van der Waals surface area contributed by atoms with E-state index in [2.05, 4.69) is 12.4 Å². The van der Waals surface area contributed by atoms with Gasteiger partial charge in [-0.05, 0) is 54.1 Å². The number of carboxylic acids is 1. The topological polar surface area (TPSA) is 159 Å². The molecule has 1 unspecified atom stereocenters. The first-order valence-electron chi connectivity index (χ1n) is 15.6. The highest BCUT2D eigenvalue weighted by molar-refractivity contribution is 6.30. The molecule has 0 saturated carbocycles. The number of alkyl halides is 3. The van der Waals surface area contributed by atoms with Gasteiger partial charge in [0.25, 0.3) is 5.91 Å². The van der Waals surface area contributed by atoms with E-state index in [1.807, 2.05) is 24.3 Å². The van der Waals surface area contributed by atoms with Crippen molar-refractivity contribution in [1.29, 1.82) is 0 Å². The summed E-state index contributed by atoms with van der Waals surface area (Å²) in [5, 5.41) is 20.5. The molecule has 1 aliphatic heterocycles. The molecular formula is C35H40ClF3N4O7+2. The van der Waals surface area contributed by atoms with Crippen LogP contribution in [0.25, 0.3) is 0 Å². The number of nitrogens with one attached hydrogen (secondary N) is 1. The van der Waals surface area contributed by atoms with Crippen LogP contribution >= 0.6 is 11.6 Å². The Morgan fingerprint density at radius 3 is 2.06 bits per heavy atom. The molecule has 50 heavy (non-hydrogen) atoms. The normalized spacial score (nSPS) is 17.5. The molecule has 0 aliphatic carbocycles. The van der Waals surface area contributed by atoms with Crippen molar-refractivity contribution in [2.75, 3.05) is 25.5 Å². The van der Waals surface area contributed by atoms with Gasteiger partial charge in [0.1, 0.15) is 36.0 Å². The van der Waals surface area contributed by atoms with Gasteiger partial charge in [0.15, 0.2) is 6.04 Å². The van der Waals surface area contributed by atoms with Crippen molar-refractivity contribution < 1.29 is 56.4 Å². The monoisotopic (exact) mass is 720 g/mol. The van der Waals surface area contributed by atoms with Crippen LogP contribution < -0.4 is 15.8 Å². The summed E-state index contributed by atoms with van der Waals surface area (Å²) in [7, 11) is 2.14. The number of carbonyl (C=O) groups excluding carboxylic acids is 3. The number of rotatable bonds is 9. The third-order valence-corrected chi connectivity index (χ3v) is 8.06. The molecule has 15 heteroatoms. The molecule has 1 heterocycles. The zero-order valence-electron chi connectivity index (χ0n) is 27.7. The van der Waals surface area contributed by atoms with E-state index in [0.717, 1.165) is 36.3 Å². The zero-order chi connectivity index (χ0) is 37.2. The van der Waals surface area contributed by atoms with E-state index < -0.39 is 30.1 Å². The number of aromatic hydroxyl groups is 1. The summed E-state index contributed by atoms with van der Waals surface area (Å²) in [5.41, 5.74) is 9.12. The molecule has 1 fully saturated rings. The minimum absolute atomic E-state index is 0.105. The molecule has 0 radical (unpaired) electrons. The molecule has 1 saturated heterocycles. The fourth-order valence-corrected chi connectivity index (χ4v) is 5.46. The van der Waals surface area contributed by atoms with E-state index in [0.29, 0.717) is 33.9 Å². The SMILES string of the molecule is CC(C)C(=O)Oc1ccc(NC(=O)/[N+](=C2\CCC[N+](C)(Cc3ccc(Cl)cc3)C2)[C@@H](Cc2ccc(O)cc2)C(N)=O)cc1.O=C(O)C(F)(F)F. The number of primary amides is 1. The Morgan fingerprint density at radius 2 is 1.54 bits per heavy atom.